The predicted molar refractivity (Wildman–Crippen MR) is 91.3 cm³/mol. The van der Waals surface area contributed by atoms with E-state index in [4.69, 9.17) is 5.11 Å². The fourth-order valence-corrected chi connectivity index (χ4v) is 2.52. The van der Waals surface area contributed by atoms with Gasteiger partial charge in [0.2, 0.25) is 0 Å². The quantitative estimate of drug-likeness (QED) is 0.661. The monoisotopic (exact) mass is 315 g/mol. The minimum atomic E-state index is -0.731. The number of nitrogens with one attached hydrogen (secondary N) is 1. The number of hydrogen-bond acceptors (Lipinski definition) is 3. The van der Waals surface area contributed by atoms with Gasteiger partial charge < -0.3 is 10.0 Å². The Kier molecular flexibility index (Phi) is 6.81. The van der Waals surface area contributed by atoms with Crippen LogP contribution in [0, 0.1) is 0 Å². The molecule has 23 heavy (non-hydrogen) atoms. The third-order valence-corrected chi connectivity index (χ3v) is 3.89. The largest absolute Gasteiger partial charge is 0.481 e. The summed E-state index contributed by atoms with van der Waals surface area (Å²) < 4.78 is 0. The van der Waals surface area contributed by atoms with Crippen molar-refractivity contribution in [2.45, 2.75) is 32.1 Å². The van der Waals surface area contributed by atoms with Crippen LogP contribution in [0.15, 0.2) is 36.4 Å². The van der Waals surface area contributed by atoms with Crippen molar-refractivity contribution < 1.29 is 9.90 Å². The fraction of sp³-hybridized carbons (Fsp3) is 0.444. The first-order valence-electron chi connectivity index (χ1n) is 8.15. The first kappa shape index (κ1) is 17.2. The van der Waals surface area contributed by atoms with E-state index in [1.807, 2.05) is 25.2 Å². The highest BCUT2D eigenvalue weighted by molar-refractivity contribution is 5.66. The first-order chi connectivity index (χ1) is 11.1. The van der Waals surface area contributed by atoms with Crippen molar-refractivity contribution in [3.63, 3.8) is 0 Å². The van der Waals surface area contributed by atoms with E-state index in [9.17, 15) is 4.79 Å². The maximum atomic E-state index is 10.5. The van der Waals surface area contributed by atoms with Crippen LogP contribution in [0.25, 0.3) is 11.3 Å². The van der Waals surface area contributed by atoms with E-state index in [-0.39, 0.29) is 6.42 Å². The number of nitrogens with zero attached hydrogens (tertiary/aromatic N) is 2. The zero-order valence-corrected chi connectivity index (χ0v) is 13.7. The van der Waals surface area contributed by atoms with Gasteiger partial charge in [0, 0.05) is 17.8 Å². The lowest BCUT2D eigenvalue weighted by Gasteiger charge is -2.14. The van der Waals surface area contributed by atoms with Crippen LogP contribution in [0.4, 0.5) is 0 Å². The Morgan fingerprint density at radius 3 is 2.70 bits per heavy atom. The Morgan fingerprint density at radius 2 is 1.96 bits per heavy atom. The standard InChI is InChI=1S/C18H25N3O2/c1-21(13-11-18(22)23)12-7-3-6-10-16-14-17(20-19-16)15-8-4-2-5-9-15/h2,4-5,8-9,14H,3,6-7,10-13H2,1H3,(H,19,20)(H,22,23). The molecule has 2 N–H and O–H groups in total. The molecule has 5 heteroatoms. The Labute approximate surface area is 137 Å². The zero-order valence-electron chi connectivity index (χ0n) is 13.7. The lowest BCUT2D eigenvalue weighted by molar-refractivity contribution is -0.137. The molecule has 2 aromatic rings. The molecule has 1 aromatic heterocycles. The van der Waals surface area contributed by atoms with Gasteiger partial charge in [0.1, 0.15) is 0 Å². The summed E-state index contributed by atoms with van der Waals surface area (Å²) in [6.45, 7) is 1.57. The van der Waals surface area contributed by atoms with E-state index in [0.717, 1.165) is 43.5 Å². The normalized spacial score (nSPS) is 11.0. The maximum absolute atomic E-state index is 10.5. The second-order valence-corrected chi connectivity index (χ2v) is 5.90. The van der Waals surface area contributed by atoms with Crippen LogP contribution < -0.4 is 0 Å². The molecule has 1 aromatic carbocycles. The van der Waals surface area contributed by atoms with E-state index in [2.05, 4.69) is 33.3 Å². The number of hydrogen-bond donors (Lipinski definition) is 2. The molecule has 0 aliphatic carbocycles. The predicted octanol–water partition coefficient (Wildman–Crippen LogP) is 3.20. The Balaban J connectivity index is 1.64. The molecule has 0 saturated heterocycles. The lowest BCUT2D eigenvalue weighted by atomic mass is 10.1. The minimum Gasteiger partial charge on any atom is -0.481 e. The number of benzene rings is 1. The van der Waals surface area contributed by atoms with Crippen LogP contribution in [0.5, 0.6) is 0 Å². The highest BCUT2D eigenvalue weighted by Crippen LogP contribution is 2.17. The SMILES string of the molecule is CN(CCCCCc1cc(-c2ccccc2)n[nH]1)CCC(=O)O. The Hall–Kier alpha value is -2.14. The summed E-state index contributed by atoms with van der Waals surface area (Å²) in [6, 6.07) is 12.3. The van der Waals surface area contributed by atoms with E-state index in [0.29, 0.717) is 6.54 Å². The highest BCUT2D eigenvalue weighted by Gasteiger charge is 2.04. The van der Waals surface area contributed by atoms with E-state index in [1.165, 1.54) is 5.69 Å². The van der Waals surface area contributed by atoms with Crippen molar-refractivity contribution in [1.82, 2.24) is 15.1 Å². The number of aromatic amines is 1. The minimum absolute atomic E-state index is 0.215. The maximum Gasteiger partial charge on any atom is 0.304 e. The summed E-state index contributed by atoms with van der Waals surface area (Å²) in [5.41, 5.74) is 3.30. The summed E-state index contributed by atoms with van der Waals surface area (Å²) >= 11 is 0. The van der Waals surface area contributed by atoms with Gasteiger partial charge >= 0.3 is 5.97 Å². The van der Waals surface area contributed by atoms with Crippen molar-refractivity contribution in [2.24, 2.45) is 0 Å². The smallest absolute Gasteiger partial charge is 0.304 e. The van der Waals surface area contributed by atoms with Gasteiger partial charge in [-0.25, -0.2) is 0 Å². The van der Waals surface area contributed by atoms with Gasteiger partial charge in [-0.05, 0) is 38.9 Å². The fourth-order valence-electron chi connectivity index (χ4n) is 2.52. The van der Waals surface area contributed by atoms with Crippen molar-refractivity contribution >= 4 is 5.97 Å². The molecule has 0 aliphatic heterocycles. The van der Waals surface area contributed by atoms with Crippen LogP contribution in [0.3, 0.4) is 0 Å². The van der Waals surface area contributed by atoms with Crippen molar-refractivity contribution in [2.75, 3.05) is 20.1 Å². The van der Waals surface area contributed by atoms with Gasteiger partial charge in [0.05, 0.1) is 12.1 Å². The molecule has 0 unspecified atom stereocenters. The second-order valence-electron chi connectivity index (χ2n) is 5.90. The van der Waals surface area contributed by atoms with Crippen molar-refractivity contribution in [3.05, 3.63) is 42.1 Å². The van der Waals surface area contributed by atoms with Gasteiger partial charge in [-0.15, -0.1) is 0 Å². The average Bonchev–Trinajstić information content (AvgIpc) is 3.02. The number of unbranched alkanes of at least 4 members (excludes halogenated alkanes) is 2. The number of rotatable bonds is 10. The summed E-state index contributed by atoms with van der Waals surface area (Å²) in [6.07, 6.45) is 4.56. The van der Waals surface area contributed by atoms with Crippen LogP contribution in [0.1, 0.15) is 31.4 Å². The number of aliphatic carboxylic acids is 1. The van der Waals surface area contributed by atoms with Crippen LogP contribution >= 0.6 is 0 Å². The van der Waals surface area contributed by atoms with Crippen molar-refractivity contribution in [3.8, 4) is 11.3 Å². The Bertz CT molecular complexity index is 595. The number of carbonyl (C=O) groups is 1. The molecular formula is C18H25N3O2. The molecule has 124 valence electrons. The van der Waals surface area contributed by atoms with Crippen molar-refractivity contribution in [1.29, 1.82) is 0 Å². The molecule has 0 aliphatic rings. The van der Waals surface area contributed by atoms with E-state index < -0.39 is 5.97 Å². The molecule has 0 radical (unpaired) electrons. The first-order valence-corrected chi connectivity index (χ1v) is 8.15. The second kappa shape index (κ2) is 9.10. The number of carboxylic acids is 1. The van der Waals surface area contributed by atoms with Crippen LogP contribution in [0.2, 0.25) is 0 Å². The van der Waals surface area contributed by atoms with Crippen LogP contribution in [-0.4, -0.2) is 46.3 Å². The van der Waals surface area contributed by atoms with E-state index >= 15 is 0 Å². The van der Waals surface area contributed by atoms with Gasteiger partial charge in [-0.3, -0.25) is 9.89 Å². The Morgan fingerprint density at radius 1 is 1.17 bits per heavy atom. The summed E-state index contributed by atoms with van der Waals surface area (Å²) in [4.78, 5) is 12.6. The molecule has 1 heterocycles. The molecular weight excluding hydrogens is 290 g/mol. The molecule has 0 fully saturated rings. The van der Waals surface area contributed by atoms with Gasteiger partial charge in [-0.2, -0.15) is 5.10 Å². The summed E-state index contributed by atoms with van der Waals surface area (Å²) in [5, 5.41) is 16.1. The van der Waals surface area contributed by atoms with E-state index in [1.54, 1.807) is 0 Å². The topological polar surface area (TPSA) is 69.2 Å². The third-order valence-electron chi connectivity index (χ3n) is 3.89. The van der Waals surface area contributed by atoms with Gasteiger partial charge in [0.25, 0.3) is 0 Å². The number of carboxylic acid groups (broad SMARTS) is 1. The van der Waals surface area contributed by atoms with Gasteiger partial charge in [0.15, 0.2) is 0 Å². The molecule has 0 spiro atoms. The molecule has 2 rings (SSSR count). The number of aryl methyl sites for hydroxylation is 1. The molecule has 5 nitrogen and oxygen atoms in total. The molecule has 0 bridgehead atoms. The number of H-pyrrole nitrogens is 1. The molecule has 0 amide bonds. The average molecular weight is 315 g/mol. The lowest BCUT2D eigenvalue weighted by Crippen LogP contribution is -2.22. The summed E-state index contributed by atoms with van der Waals surface area (Å²) in [7, 11) is 1.98. The third kappa shape index (κ3) is 6.24. The highest BCUT2D eigenvalue weighted by atomic mass is 16.4. The zero-order chi connectivity index (χ0) is 16.5. The summed E-state index contributed by atoms with van der Waals surface area (Å²) in [5.74, 6) is -0.731. The van der Waals surface area contributed by atoms with Crippen LogP contribution in [-0.2, 0) is 11.2 Å². The van der Waals surface area contributed by atoms with Gasteiger partial charge in [-0.1, -0.05) is 36.8 Å². The molecule has 0 saturated carbocycles. The number of aromatic nitrogens is 2. The molecule has 0 atom stereocenters.